The Bertz CT molecular complexity index is 895. The number of benzene rings is 2. The lowest BCUT2D eigenvalue weighted by atomic mass is 10.2. The van der Waals surface area contributed by atoms with Crippen LogP contribution >= 0.6 is 15.9 Å². The van der Waals surface area contributed by atoms with Crippen molar-refractivity contribution in [2.75, 3.05) is 12.0 Å². The predicted octanol–water partition coefficient (Wildman–Crippen LogP) is 4.84. The molecule has 1 amide bonds. The summed E-state index contributed by atoms with van der Waals surface area (Å²) in [5.41, 5.74) is 0.525. The summed E-state index contributed by atoms with van der Waals surface area (Å²) in [6.07, 6.45) is 2.81. The Hall–Kier alpha value is -2.67. The second-order valence-electron chi connectivity index (χ2n) is 5.83. The molecule has 1 heterocycles. The standard InChI is InChI=1S/C20H17BrF2N2O2/c1-13-24(12-11-14-7-4-3-5-8-14)20(27-2)17(21)19(26)25(13)18-15(22)9-6-10-16(18)23/h3-13H,1-2H3. The molecule has 0 radical (unpaired) electrons. The Kier molecular flexibility index (Phi) is 5.60. The maximum Gasteiger partial charge on any atom is 0.272 e. The van der Waals surface area contributed by atoms with Crippen LogP contribution in [0.5, 0.6) is 0 Å². The number of para-hydroxylation sites is 1. The van der Waals surface area contributed by atoms with Gasteiger partial charge in [0.2, 0.25) is 5.88 Å². The first-order valence-electron chi connectivity index (χ1n) is 8.18. The molecule has 0 saturated carbocycles. The van der Waals surface area contributed by atoms with Crippen LogP contribution < -0.4 is 4.90 Å². The van der Waals surface area contributed by atoms with Crippen LogP contribution in [0.3, 0.4) is 0 Å². The molecule has 0 fully saturated rings. The van der Waals surface area contributed by atoms with E-state index in [1.165, 1.54) is 13.2 Å². The van der Waals surface area contributed by atoms with Gasteiger partial charge in [-0.1, -0.05) is 36.4 Å². The molecule has 0 saturated heterocycles. The average molecular weight is 435 g/mol. The lowest BCUT2D eigenvalue weighted by Crippen LogP contribution is -2.52. The quantitative estimate of drug-likeness (QED) is 0.689. The fraction of sp³-hybridized carbons (Fsp3) is 0.150. The Morgan fingerprint density at radius 2 is 1.70 bits per heavy atom. The fourth-order valence-electron chi connectivity index (χ4n) is 2.90. The largest absolute Gasteiger partial charge is 0.481 e. The zero-order valence-electron chi connectivity index (χ0n) is 14.7. The molecule has 27 heavy (non-hydrogen) atoms. The van der Waals surface area contributed by atoms with E-state index >= 15 is 0 Å². The van der Waals surface area contributed by atoms with Crippen LogP contribution in [0.15, 0.2) is 65.1 Å². The molecule has 0 spiro atoms. The Morgan fingerprint density at radius 1 is 1.07 bits per heavy atom. The van der Waals surface area contributed by atoms with Gasteiger partial charge in [-0.05, 0) is 46.6 Å². The molecule has 4 nitrogen and oxygen atoms in total. The number of ether oxygens (including phenoxy) is 1. The first-order chi connectivity index (χ1) is 13.0. The summed E-state index contributed by atoms with van der Waals surface area (Å²) in [7, 11) is 1.43. The van der Waals surface area contributed by atoms with Gasteiger partial charge in [-0.25, -0.2) is 8.78 Å². The molecule has 0 aromatic heterocycles. The van der Waals surface area contributed by atoms with Crippen LogP contribution in [0.1, 0.15) is 12.5 Å². The van der Waals surface area contributed by atoms with Crippen molar-refractivity contribution in [1.29, 1.82) is 0 Å². The van der Waals surface area contributed by atoms with E-state index in [2.05, 4.69) is 15.9 Å². The van der Waals surface area contributed by atoms with Crippen molar-refractivity contribution in [3.63, 3.8) is 0 Å². The minimum Gasteiger partial charge on any atom is -0.481 e. The third-order valence-corrected chi connectivity index (χ3v) is 4.88. The van der Waals surface area contributed by atoms with Crippen LogP contribution in [0.2, 0.25) is 0 Å². The highest BCUT2D eigenvalue weighted by Gasteiger charge is 2.39. The second-order valence-corrected chi connectivity index (χ2v) is 6.63. The van der Waals surface area contributed by atoms with Crippen molar-refractivity contribution < 1.29 is 18.3 Å². The highest BCUT2D eigenvalue weighted by molar-refractivity contribution is 9.12. The number of carbonyl (C=O) groups is 1. The first kappa shape index (κ1) is 19.1. The second kappa shape index (κ2) is 7.92. The van der Waals surface area contributed by atoms with Gasteiger partial charge in [0.15, 0.2) is 0 Å². The summed E-state index contributed by atoms with van der Waals surface area (Å²) in [6.45, 7) is 1.66. The molecule has 0 aliphatic carbocycles. The molecule has 2 aromatic rings. The van der Waals surface area contributed by atoms with Crippen molar-refractivity contribution in [2.45, 2.75) is 13.1 Å². The van der Waals surface area contributed by atoms with Gasteiger partial charge in [0.05, 0.1) is 7.11 Å². The zero-order chi connectivity index (χ0) is 19.6. The Labute approximate surface area is 164 Å². The summed E-state index contributed by atoms with van der Waals surface area (Å²) in [4.78, 5) is 15.5. The summed E-state index contributed by atoms with van der Waals surface area (Å²) < 4.78 is 34.1. The molecule has 0 bridgehead atoms. The fourth-order valence-corrected chi connectivity index (χ4v) is 3.46. The Morgan fingerprint density at radius 3 is 2.30 bits per heavy atom. The van der Waals surface area contributed by atoms with Crippen LogP contribution in [-0.4, -0.2) is 24.1 Å². The molecule has 3 rings (SSSR count). The average Bonchev–Trinajstić information content (AvgIpc) is 2.66. The van der Waals surface area contributed by atoms with Crippen molar-refractivity contribution >= 4 is 33.6 Å². The van der Waals surface area contributed by atoms with Crippen molar-refractivity contribution in [3.8, 4) is 0 Å². The van der Waals surface area contributed by atoms with E-state index in [-0.39, 0.29) is 10.4 Å². The van der Waals surface area contributed by atoms with Crippen LogP contribution in [0.25, 0.3) is 6.08 Å². The zero-order valence-corrected chi connectivity index (χ0v) is 16.3. The van der Waals surface area contributed by atoms with E-state index in [4.69, 9.17) is 4.74 Å². The topological polar surface area (TPSA) is 32.8 Å². The highest BCUT2D eigenvalue weighted by Crippen LogP contribution is 2.35. The third-order valence-electron chi connectivity index (χ3n) is 4.20. The molecule has 1 aliphatic rings. The highest BCUT2D eigenvalue weighted by atomic mass is 79.9. The molecular formula is C20H17BrF2N2O2. The Balaban J connectivity index is 2.07. The first-order valence-corrected chi connectivity index (χ1v) is 8.98. The number of rotatable bonds is 4. The van der Waals surface area contributed by atoms with Crippen LogP contribution in [-0.2, 0) is 9.53 Å². The van der Waals surface area contributed by atoms with Gasteiger partial charge in [0.25, 0.3) is 5.91 Å². The molecule has 1 aliphatic heterocycles. The third kappa shape index (κ3) is 3.60. The van der Waals surface area contributed by atoms with Gasteiger partial charge in [0, 0.05) is 6.20 Å². The number of nitrogens with zero attached hydrogens (tertiary/aromatic N) is 2. The maximum atomic E-state index is 14.3. The van der Waals surface area contributed by atoms with Crippen LogP contribution in [0.4, 0.5) is 14.5 Å². The van der Waals surface area contributed by atoms with E-state index < -0.39 is 29.4 Å². The number of methoxy groups -OCH3 is 1. The number of hydrogen-bond donors (Lipinski definition) is 0. The van der Waals surface area contributed by atoms with Gasteiger partial charge in [-0.2, -0.15) is 0 Å². The van der Waals surface area contributed by atoms with Crippen molar-refractivity contribution in [1.82, 2.24) is 4.90 Å². The van der Waals surface area contributed by atoms with E-state index in [0.29, 0.717) is 0 Å². The van der Waals surface area contributed by atoms with Gasteiger partial charge in [-0.15, -0.1) is 0 Å². The molecule has 7 heteroatoms. The summed E-state index contributed by atoms with van der Waals surface area (Å²) >= 11 is 3.20. The number of amides is 1. The minimum atomic E-state index is -0.816. The smallest absolute Gasteiger partial charge is 0.272 e. The summed E-state index contributed by atoms with van der Waals surface area (Å²) in [5, 5.41) is 0. The lowest BCUT2D eigenvalue weighted by molar-refractivity contribution is -0.116. The molecule has 1 atom stereocenters. The number of halogens is 3. The van der Waals surface area contributed by atoms with Crippen LogP contribution in [0, 0.1) is 11.6 Å². The SMILES string of the molecule is COC1=C(Br)C(=O)N(c2c(F)cccc2F)C(C)N1C=Cc1ccccc1. The van der Waals surface area contributed by atoms with E-state index in [1.54, 1.807) is 18.0 Å². The number of anilines is 1. The maximum absolute atomic E-state index is 14.3. The van der Waals surface area contributed by atoms with E-state index in [9.17, 15) is 13.6 Å². The summed E-state index contributed by atoms with van der Waals surface area (Å²) in [5.74, 6) is -1.97. The molecule has 1 unspecified atom stereocenters. The van der Waals surface area contributed by atoms with Gasteiger partial charge < -0.3 is 4.74 Å². The predicted molar refractivity (Wildman–Crippen MR) is 104 cm³/mol. The lowest BCUT2D eigenvalue weighted by Gasteiger charge is -2.41. The van der Waals surface area contributed by atoms with E-state index in [0.717, 1.165) is 22.6 Å². The summed E-state index contributed by atoms with van der Waals surface area (Å²) in [6, 6.07) is 13.0. The molecular weight excluding hydrogens is 418 g/mol. The number of carbonyl (C=O) groups excluding carboxylic acids is 1. The number of hydrogen-bond acceptors (Lipinski definition) is 3. The molecule has 0 N–H and O–H groups in total. The van der Waals surface area contributed by atoms with Gasteiger partial charge in [0.1, 0.15) is 28.0 Å². The minimum absolute atomic E-state index is 0.0727. The van der Waals surface area contributed by atoms with Gasteiger partial charge in [-0.3, -0.25) is 14.6 Å². The van der Waals surface area contributed by atoms with E-state index in [1.807, 2.05) is 36.4 Å². The van der Waals surface area contributed by atoms with Gasteiger partial charge >= 0.3 is 0 Å². The molecule has 140 valence electrons. The normalized spacial score (nSPS) is 17.8. The van der Waals surface area contributed by atoms with Crippen molar-refractivity contribution in [3.05, 3.63) is 82.3 Å². The van der Waals surface area contributed by atoms with Crippen molar-refractivity contribution in [2.24, 2.45) is 0 Å². The molecule has 2 aromatic carbocycles. The monoisotopic (exact) mass is 434 g/mol.